The molecule has 1 aromatic heterocycles. The van der Waals surface area contributed by atoms with Crippen molar-refractivity contribution in [2.75, 3.05) is 28.6 Å². The van der Waals surface area contributed by atoms with Crippen molar-refractivity contribution >= 4 is 29.2 Å². The van der Waals surface area contributed by atoms with Crippen LogP contribution in [0.5, 0.6) is 5.75 Å². The predicted molar refractivity (Wildman–Crippen MR) is 136 cm³/mol. The van der Waals surface area contributed by atoms with E-state index in [2.05, 4.69) is 30.3 Å². The molecule has 1 amide bonds. The fourth-order valence-electron chi connectivity index (χ4n) is 4.24. The Hall–Kier alpha value is -3.93. The van der Waals surface area contributed by atoms with E-state index in [0.29, 0.717) is 43.4 Å². The first-order valence-electron chi connectivity index (χ1n) is 12.1. The van der Waals surface area contributed by atoms with Crippen LogP contribution in [0.4, 0.5) is 36.4 Å². The second kappa shape index (κ2) is 11.6. The highest BCUT2D eigenvalue weighted by molar-refractivity contribution is 5.92. The lowest BCUT2D eigenvalue weighted by Crippen LogP contribution is -2.38. The maximum Gasteiger partial charge on any atom is 0.573 e. The Kier molecular flexibility index (Phi) is 8.30. The molecule has 0 bridgehead atoms. The van der Waals surface area contributed by atoms with Crippen LogP contribution in [0.15, 0.2) is 42.7 Å². The molecule has 0 aliphatic carbocycles. The van der Waals surface area contributed by atoms with Gasteiger partial charge in [-0.2, -0.15) is 4.98 Å². The number of anilines is 4. The molecule has 9 nitrogen and oxygen atoms in total. The quantitative estimate of drug-likeness (QED) is 0.406. The molecule has 3 aromatic rings. The number of hydrogen-bond donors (Lipinski definition) is 2. The summed E-state index contributed by atoms with van der Waals surface area (Å²) in [6, 6.07) is 9.62. The van der Waals surface area contributed by atoms with Gasteiger partial charge >= 0.3 is 6.36 Å². The lowest BCUT2D eigenvalue weighted by molar-refractivity contribution is -0.274. The lowest BCUT2D eigenvalue weighted by Gasteiger charge is -2.32. The number of hydrogen-bond acceptors (Lipinski definition) is 8. The van der Waals surface area contributed by atoms with Gasteiger partial charge in [0.05, 0.1) is 12.7 Å². The molecule has 2 aromatic carbocycles. The van der Waals surface area contributed by atoms with Crippen molar-refractivity contribution < 1.29 is 27.4 Å². The molecule has 4 rings (SSSR count). The summed E-state index contributed by atoms with van der Waals surface area (Å²) in [5.41, 5.74) is 3.95. The summed E-state index contributed by atoms with van der Waals surface area (Å²) in [4.78, 5) is 26.7. The number of alkyl halides is 3. The Morgan fingerprint density at radius 2 is 1.89 bits per heavy atom. The standard InChI is InChI=1S/C26H29F3N6O3/c1-16-7-8-22(17(2)23(16)32-18(3)36)33-24-30-15-31-25(34-24)35-11-9-20(10-12-35)37-14-19-5-4-6-21(13-19)38-26(27,28)29/h4-8,13,15,20H,9-12,14H2,1-3H3,(H,32,36)(H,30,31,33,34). The molecule has 202 valence electrons. The minimum absolute atomic E-state index is 0.0414. The highest BCUT2D eigenvalue weighted by atomic mass is 19.4. The third-order valence-corrected chi connectivity index (χ3v) is 6.12. The summed E-state index contributed by atoms with van der Waals surface area (Å²) >= 11 is 0. The van der Waals surface area contributed by atoms with Crippen molar-refractivity contribution in [2.24, 2.45) is 0 Å². The van der Waals surface area contributed by atoms with Crippen LogP contribution in [0.3, 0.4) is 0 Å². The lowest BCUT2D eigenvalue weighted by atomic mass is 10.1. The average Bonchev–Trinajstić information content (AvgIpc) is 2.87. The summed E-state index contributed by atoms with van der Waals surface area (Å²) in [5, 5.41) is 6.08. The van der Waals surface area contributed by atoms with Gasteiger partial charge in [-0.3, -0.25) is 4.79 Å². The highest BCUT2D eigenvalue weighted by Crippen LogP contribution is 2.29. The second-order valence-electron chi connectivity index (χ2n) is 9.04. The molecule has 0 radical (unpaired) electrons. The molecule has 1 aliphatic heterocycles. The van der Waals surface area contributed by atoms with E-state index in [9.17, 15) is 18.0 Å². The van der Waals surface area contributed by atoms with E-state index >= 15 is 0 Å². The fraction of sp³-hybridized carbons (Fsp3) is 0.385. The summed E-state index contributed by atoms with van der Waals surface area (Å²) in [5.74, 6) is 0.506. The van der Waals surface area contributed by atoms with Gasteiger partial charge in [0.25, 0.3) is 0 Å². The number of nitrogens with one attached hydrogen (secondary N) is 2. The topological polar surface area (TPSA) is 102 Å². The summed E-state index contributed by atoms with van der Waals surface area (Å²) < 4.78 is 47.3. The fourth-order valence-corrected chi connectivity index (χ4v) is 4.24. The van der Waals surface area contributed by atoms with Crippen LogP contribution in [0, 0.1) is 13.8 Å². The molecule has 2 heterocycles. The zero-order valence-corrected chi connectivity index (χ0v) is 21.3. The predicted octanol–water partition coefficient (Wildman–Crippen LogP) is 5.27. The van der Waals surface area contributed by atoms with Crippen molar-refractivity contribution in [1.82, 2.24) is 15.0 Å². The molecule has 38 heavy (non-hydrogen) atoms. The van der Waals surface area contributed by atoms with Crippen molar-refractivity contribution in [3.05, 3.63) is 59.4 Å². The molecule has 1 saturated heterocycles. The van der Waals surface area contributed by atoms with Crippen LogP contribution in [-0.2, 0) is 16.1 Å². The first-order valence-corrected chi connectivity index (χ1v) is 12.1. The minimum atomic E-state index is -4.73. The Balaban J connectivity index is 1.33. The molecule has 1 fully saturated rings. The van der Waals surface area contributed by atoms with Crippen LogP contribution in [0.1, 0.15) is 36.5 Å². The maximum atomic E-state index is 12.5. The van der Waals surface area contributed by atoms with Gasteiger partial charge in [0.1, 0.15) is 12.1 Å². The van der Waals surface area contributed by atoms with E-state index in [4.69, 9.17) is 4.74 Å². The smallest absolute Gasteiger partial charge is 0.406 e. The molecule has 2 N–H and O–H groups in total. The van der Waals surface area contributed by atoms with E-state index in [1.165, 1.54) is 31.5 Å². The summed E-state index contributed by atoms with van der Waals surface area (Å²) in [7, 11) is 0. The monoisotopic (exact) mass is 530 g/mol. The Morgan fingerprint density at radius 1 is 1.13 bits per heavy atom. The third-order valence-electron chi connectivity index (χ3n) is 6.12. The number of aryl methyl sites for hydroxylation is 1. The number of ether oxygens (including phenoxy) is 2. The largest absolute Gasteiger partial charge is 0.573 e. The van der Waals surface area contributed by atoms with Gasteiger partial charge < -0.3 is 25.0 Å². The van der Waals surface area contributed by atoms with E-state index < -0.39 is 6.36 Å². The van der Waals surface area contributed by atoms with Gasteiger partial charge in [0.2, 0.25) is 17.8 Å². The van der Waals surface area contributed by atoms with Gasteiger partial charge in [-0.25, -0.2) is 9.97 Å². The van der Waals surface area contributed by atoms with Gasteiger partial charge in [-0.05, 0) is 61.6 Å². The molecule has 0 unspecified atom stereocenters. The Bertz CT molecular complexity index is 1280. The SMILES string of the molecule is CC(=O)Nc1c(C)ccc(Nc2ncnc(N3CCC(OCc4cccc(OC(F)(F)F)c4)CC3)n2)c1C. The normalized spacial score (nSPS) is 14.3. The van der Waals surface area contributed by atoms with Crippen molar-refractivity contribution in [3.63, 3.8) is 0 Å². The zero-order chi connectivity index (χ0) is 27.3. The summed E-state index contributed by atoms with van der Waals surface area (Å²) in [6.07, 6.45) is -1.90. The van der Waals surface area contributed by atoms with Gasteiger partial charge in [0, 0.05) is 31.4 Å². The van der Waals surface area contributed by atoms with Crippen LogP contribution >= 0.6 is 0 Å². The number of halogens is 3. The Morgan fingerprint density at radius 3 is 2.61 bits per heavy atom. The molecule has 0 spiro atoms. The molecule has 0 saturated carbocycles. The van der Waals surface area contributed by atoms with E-state index in [1.54, 1.807) is 6.07 Å². The maximum absolute atomic E-state index is 12.5. The number of benzene rings is 2. The molecule has 0 atom stereocenters. The second-order valence-corrected chi connectivity index (χ2v) is 9.04. The van der Waals surface area contributed by atoms with Crippen LogP contribution in [0.2, 0.25) is 0 Å². The number of aromatic nitrogens is 3. The molecular weight excluding hydrogens is 501 g/mol. The van der Waals surface area contributed by atoms with Crippen LogP contribution < -0.4 is 20.3 Å². The van der Waals surface area contributed by atoms with Gasteiger partial charge in [0.15, 0.2) is 0 Å². The van der Waals surface area contributed by atoms with E-state index in [-0.39, 0.29) is 24.4 Å². The zero-order valence-electron chi connectivity index (χ0n) is 21.3. The van der Waals surface area contributed by atoms with Crippen molar-refractivity contribution in [2.45, 2.75) is 52.7 Å². The number of rotatable bonds is 8. The first kappa shape index (κ1) is 27.1. The Labute approximate surface area is 218 Å². The first-order chi connectivity index (χ1) is 18.1. The van der Waals surface area contributed by atoms with E-state index in [1.807, 2.05) is 30.9 Å². The van der Waals surface area contributed by atoms with Crippen LogP contribution in [-0.4, -0.2) is 46.4 Å². The number of carbonyl (C=O) groups excluding carboxylic acids is 1. The average molecular weight is 531 g/mol. The van der Waals surface area contributed by atoms with Crippen molar-refractivity contribution in [3.8, 4) is 5.75 Å². The number of carbonyl (C=O) groups is 1. The minimum Gasteiger partial charge on any atom is -0.406 e. The van der Waals surface area contributed by atoms with Gasteiger partial charge in [-0.15, -0.1) is 13.2 Å². The van der Waals surface area contributed by atoms with Gasteiger partial charge in [-0.1, -0.05) is 18.2 Å². The molecular formula is C26H29F3N6O3. The summed E-state index contributed by atoms with van der Waals surface area (Å²) in [6.45, 7) is 6.80. The van der Waals surface area contributed by atoms with E-state index in [0.717, 1.165) is 22.5 Å². The number of amides is 1. The molecule has 12 heteroatoms. The third kappa shape index (κ3) is 7.31. The number of nitrogens with zero attached hydrogens (tertiary/aromatic N) is 4. The highest BCUT2D eigenvalue weighted by Gasteiger charge is 2.31. The molecule has 1 aliphatic rings. The number of piperidine rings is 1. The van der Waals surface area contributed by atoms with Crippen LogP contribution in [0.25, 0.3) is 0 Å². The van der Waals surface area contributed by atoms with Crippen molar-refractivity contribution in [1.29, 1.82) is 0 Å².